The van der Waals surface area contributed by atoms with Crippen molar-refractivity contribution in [1.82, 2.24) is 0 Å². The molecule has 0 aromatic rings. The molecule has 0 aromatic carbocycles. The predicted octanol–water partition coefficient (Wildman–Crippen LogP) is 22.0. The number of carbonyl (C=O) groups is 3. The Morgan fingerprint density at radius 1 is 0.274 bits per heavy atom. The van der Waals surface area contributed by atoms with E-state index in [-0.39, 0.29) is 31.1 Å². The molecule has 1 unspecified atom stereocenters. The summed E-state index contributed by atoms with van der Waals surface area (Å²) in [5.74, 6) is -0.858. The molecule has 0 spiro atoms. The van der Waals surface area contributed by atoms with Crippen molar-refractivity contribution >= 4 is 17.9 Å². The van der Waals surface area contributed by atoms with Crippen LogP contribution in [0.3, 0.4) is 0 Å². The van der Waals surface area contributed by atoms with Gasteiger partial charge in [-0.2, -0.15) is 0 Å². The monoisotopic (exact) mass is 1020 g/mol. The summed E-state index contributed by atoms with van der Waals surface area (Å²) in [5.41, 5.74) is 0. The zero-order chi connectivity index (χ0) is 52.9. The predicted molar refractivity (Wildman–Crippen MR) is 316 cm³/mol. The van der Waals surface area contributed by atoms with Crippen molar-refractivity contribution in [2.75, 3.05) is 13.2 Å². The minimum atomic E-state index is -0.776. The van der Waals surface area contributed by atoms with Gasteiger partial charge in [0.2, 0.25) is 0 Å². The maximum Gasteiger partial charge on any atom is 0.306 e. The molecule has 6 nitrogen and oxygen atoms in total. The van der Waals surface area contributed by atoms with Gasteiger partial charge in [-0.25, -0.2) is 0 Å². The van der Waals surface area contributed by atoms with E-state index in [1.165, 1.54) is 238 Å². The Balaban J connectivity index is 4.32. The average molecular weight is 1030 g/mol. The van der Waals surface area contributed by atoms with E-state index in [2.05, 4.69) is 57.2 Å². The molecule has 0 saturated heterocycles. The average Bonchev–Trinajstić information content (AvgIpc) is 3.39. The first-order chi connectivity index (χ1) is 36.0. The lowest BCUT2D eigenvalue weighted by Gasteiger charge is -2.18. The highest BCUT2D eigenvalue weighted by Crippen LogP contribution is 2.18. The second kappa shape index (κ2) is 62.2. The van der Waals surface area contributed by atoms with Crippen LogP contribution in [0.15, 0.2) is 36.5 Å². The number of allylic oxidation sites excluding steroid dienone is 6. The molecule has 0 aliphatic carbocycles. The van der Waals surface area contributed by atoms with Crippen LogP contribution in [-0.2, 0) is 28.6 Å². The normalized spacial score (nSPS) is 12.2. The molecule has 0 heterocycles. The highest BCUT2D eigenvalue weighted by molar-refractivity contribution is 5.71. The van der Waals surface area contributed by atoms with Gasteiger partial charge in [0.1, 0.15) is 13.2 Å². The zero-order valence-corrected chi connectivity index (χ0v) is 49.2. The molecule has 0 amide bonds. The van der Waals surface area contributed by atoms with E-state index in [0.29, 0.717) is 19.3 Å². The van der Waals surface area contributed by atoms with Crippen molar-refractivity contribution < 1.29 is 28.6 Å². The quantitative estimate of drug-likeness (QED) is 0.0261. The Kier molecular flexibility index (Phi) is 60.2. The van der Waals surface area contributed by atoms with Crippen LogP contribution >= 0.6 is 0 Å². The third kappa shape index (κ3) is 60.4. The smallest absolute Gasteiger partial charge is 0.306 e. The van der Waals surface area contributed by atoms with Crippen LogP contribution < -0.4 is 0 Å². The summed E-state index contributed by atoms with van der Waals surface area (Å²) >= 11 is 0. The molecule has 0 radical (unpaired) electrons. The van der Waals surface area contributed by atoms with E-state index < -0.39 is 6.10 Å². The Labute approximate surface area is 455 Å². The summed E-state index contributed by atoms with van der Waals surface area (Å²) in [7, 11) is 0. The van der Waals surface area contributed by atoms with Gasteiger partial charge in [-0.15, -0.1) is 0 Å². The minimum absolute atomic E-state index is 0.0721. The van der Waals surface area contributed by atoms with Crippen molar-refractivity contribution in [3.63, 3.8) is 0 Å². The van der Waals surface area contributed by atoms with Crippen LogP contribution in [0.5, 0.6) is 0 Å². The van der Waals surface area contributed by atoms with Gasteiger partial charge in [0, 0.05) is 19.3 Å². The fourth-order valence-electron chi connectivity index (χ4n) is 9.75. The van der Waals surface area contributed by atoms with Gasteiger partial charge < -0.3 is 14.2 Å². The maximum atomic E-state index is 12.9. The Hall–Kier alpha value is -2.37. The SMILES string of the molecule is CCCCC/C=C\C/C=C\C/C=C\CCCCCCCCC(=O)OC(COC(=O)CCCCCCCCCCCCCCCCC)COC(=O)CCCCCCCCCCCCCCCCCCCCCCC. The molecule has 0 bridgehead atoms. The van der Waals surface area contributed by atoms with Crippen LogP contribution in [0.4, 0.5) is 0 Å². The lowest BCUT2D eigenvalue weighted by Crippen LogP contribution is -2.30. The molecule has 0 N–H and O–H groups in total. The number of rotatable bonds is 60. The lowest BCUT2D eigenvalue weighted by molar-refractivity contribution is -0.167. The molecule has 0 rings (SSSR count). The summed E-state index contributed by atoms with van der Waals surface area (Å²) in [6.45, 7) is 6.67. The number of unbranched alkanes of at least 4 members (excludes halogenated alkanes) is 43. The first-order valence-electron chi connectivity index (χ1n) is 32.5. The van der Waals surface area contributed by atoms with Crippen LogP contribution in [0.25, 0.3) is 0 Å². The molecular weight excluding hydrogens is 901 g/mol. The van der Waals surface area contributed by atoms with Gasteiger partial charge >= 0.3 is 17.9 Å². The van der Waals surface area contributed by atoms with Crippen molar-refractivity contribution in [1.29, 1.82) is 0 Å². The number of esters is 3. The molecule has 0 aliphatic heterocycles. The molecule has 0 aromatic heterocycles. The molecule has 0 aliphatic rings. The number of carbonyl (C=O) groups excluding carboxylic acids is 3. The highest BCUT2D eigenvalue weighted by Gasteiger charge is 2.19. The van der Waals surface area contributed by atoms with Crippen molar-refractivity contribution in [3.8, 4) is 0 Å². The minimum Gasteiger partial charge on any atom is -0.462 e. The standard InChI is InChI=1S/C67H124O6/c1-4-7-10-13-16-19-22-25-28-30-32-33-35-36-39-42-45-48-51-54-57-60-66(69)72-63-64(62-71-65(68)59-56-53-50-47-44-41-38-27-24-21-18-15-12-9-6-3)73-67(70)61-58-55-52-49-46-43-40-37-34-31-29-26-23-20-17-14-11-8-5-2/h17,20,26,29,34,37,64H,4-16,18-19,21-25,27-28,30-33,35-36,38-63H2,1-3H3/b20-17-,29-26-,37-34-. The largest absolute Gasteiger partial charge is 0.462 e. The first kappa shape index (κ1) is 70.6. The van der Waals surface area contributed by atoms with Crippen LogP contribution in [-0.4, -0.2) is 37.2 Å². The molecular formula is C67H124O6. The van der Waals surface area contributed by atoms with Crippen LogP contribution in [0, 0.1) is 0 Å². The molecule has 6 heteroatoms. The number of ether oxygens (including phenoxy) is 3. The van der Waals surface area contributed by atoms with Gasteiger partial charge in [-0.3, -0.25) is 14.4 Å². The molecule has 0 saturated carbocycles. The topological polar surface area (TPSA) is 78.9 Å². The van der Waals surface area contributed by atoms with E-state index in [4.69, 9.17) is 14.2 Å². The van der Waals surface area contributed by atoms with E-state index in [1.54, 1.807) is 0 Å². The highest BCUT2D eigenvalue weighted by atomic mass is 16.6. The van der Waals surface area contributed by atoms with Crippen molar-refractivity contribution in [3.05, 3.63) is 36.5 Å². The second-order valence-electron chi connectivity index (χ2n) is 22.0. The van der Waals surface area contributed by atoms with Crippen LogP contribution in [0.2, 0.25) is 0 Å². The summed E-state index contributed by atoms with van der Waals surface area (Å²) in [4.78, 5) is 38.3. The zero-order valence-electron chi connectivity index (χ0n) is 49.2. The van der Waals surface area contributed by atoms with Crippen molar-refractivity contribution in [2.45, 2.75) is 361 Å². The molecule has 0 fully saturated rings. The number of hydrogen-bond acceptors (Lipinski definition) is 6. The second-order valence-corrected chi connectivity index (χ2v) is 22.0. The maximum absolute atomic E-state index is 12.9. The number of hydrogen-bond donors (Lipinski definition) is 0. The fourth-order valence-corrected chi connectivity index (χ4v) is 9.75. The summed E-state index contributed by atoms with van der Waals surface area (Å²) in [6.07, 6.45) is 75.7. The summed E-state index contributed by atoms with van der Waals surface area (Å²) in [6, 6.07) is 0. The Morgan fingerprint density at radius 3 is 0.795 bits per heavy atom. The first-order valence-corrected chi connectivity index (χ1v) is 32.5. The van der Waals surface area contributed by atoms with E-state index in [1.807, 2.05) is 0 Å². The van der Waals surface area contributed by atoms with Gasteiger partial charge in [0.05, 0.1) is 0 Å². The third-order valence-electron chi connectivity index (χ3n) is 14.6. The Morgan fingerprint density at radius 2 is 0.493 bits per heavy atom. The van der Waals surface area contributed by atoms with E-state index >= 15 is 0 Å². The van der Waals surface area contributed by atoms with Gasteiger partial charge in [0.25, 0.3) is 0 Å². The Bertz CT molecular complexity index is 1220. The van der Waals surface area contributed by atoms with Crippen molar-refractivity contribution in [2.24, 2.45) is 0 Å². The molecule has 1 atom stereocenters. The van der Waals surface area contributed by atoms with Crippen LogP contribution in [0.1, 0.15) is 355 Å². The lowest BCUT2D eigenvalue weighted by atomic mass is 10.0. The summed E-state index contributed by atoms with van der Waals surface area (Å²) < 4.78 is 17.0. The molecule has 428 valence electrons. The van der Waals surface area contributed by atoms with E-state index in [9.17, 15) is 14.4 Å². The summed E-state index contributed by atoms with van der Waals surface area (Å²) in [5, 5.41) is 0. The van der Waals surface area contributed by atoms with Gasteiger partial charge in [-0.05, 0) is 57.8 Å². The fraction of sp³-hybridized carbons (Fsp3) is 0.866. The third-order valence-corrected chi connectivity index (χ3v) is 14.6. The molecule has 73 heavy (non-hydrogen) atoms. The van der Waals surface area contributed by atoms with Gasteiger partial charge in [-0.1, -0.05) is 314 Å². The van der Waals surface area contributed by atoms with Gasteiger partial charge in [0.15, 0.2) is 6.10 Å². The van der Waals surface area contributed by atoms with E-state index in [0.717, 1.165) is 77.0 Å².